The van der Waals surface area contributed by atoms with Crippen LogP contribution in [0.3, 0.4) is 0 Å². The lowest BCUT2D eigenvalue weighted by atomic mass is 10.0. The normalized spacial score (nSPS) is 11.3. The fourth-order valence-electron chi connectivity index (χ4n) is 7.20. The van der Waals surface area contributed by atoms with E-state index >= 15 is 0 Å². The first-order valence-electron chi connectivity index (χ1n) is 18.6. The Kier molecular flexibility index (Phi) is 10.3. The van der Waals surface area contributed by atoms with Gasteiger partial charge in [-0.05, 0) is 73.1 Å². The van der Waals surface area contributed by atoms with Gasteiger partial charge >= 0.3 is 0 Å². The number of nitriles is 2. The lowest BCUT2D eigenvalue weighted by molar-refractivity contribution is 0.327. The summed E-state index contributed by atoms with van der Waals surface area (Å²) in [6.45, 7) is 4.17. The van der Waals surface area contributed by atoms with Gasteiger partial charge in [-0.2, -0.15) is 10.5 Å². The summed E-state index contributed by atoms with van der Waals surface area (Å²) in [6.07, 6.45) is 0. The Morgan fingerprint density at radius 2 is 0.968 bits per heavy atom. The Hall–Kier alpha value is -7.34. The van der Waals surface area contributed by atoms with E-state index in [1.807, 2.05) is 10.8 Å². The highest BCUT2D eigenvalue weighted by atomic mass is 35.5. The number of nitrogens with zero attached hydrogens (tertiary/aromatic N) is 8. The topological polar surface area (TPSA) is 196 Å². The van der Waals surface area contributed by atoms with Gasteiger partial charge in [0.05, 0.1) is 46.1 Å². The van der Waals surface area contributed by atoms with Crippen molar-refractivity contribution in [2.75, 3.05) is 13.2 Å². The number of ether oxygens (including phenoxy) is 2. The molecule has 9 rings (SSSR count). The van der Waals surface area contributed by atoms with E-state index < -0.39 is 22.2 Å². The molecule has 8 heterocycles. The average molecular weight is 896 g/mol. The first kappa shape index (κ1) is 40.1. The molecule has 18 heteroatoms. The number of hydrogen-bond acceptors (Lipinski definition) is 14. The van der Waals surface area contributed by atoms with Crippen molar-refractivity contribution in [3.8, 4) is 78.9 Å². The second kappa shape index (κ2) is 15.9. The predicted octanol–water partition coefficient (Wildman–Crippen LogP) is 8.11. The molecular formula is C44H24Cl2N8O6S2. The molecular weight excluding hydrogens is 872 g/mol. The first-order valence-corrected chi connectivity index (χ1v) is 21.1. The minimum absolute atomic E-state index is 0.0674. The maximum Gasteiger partial charge on any atom is 0.267 e. The maximum absolute atomic E-state index is 14.5. The number of pyridine rings is 4. The Morgan fingerprint density at radius 1 is 0.581 bits per heavy atom. The SMILES string of the molecule is CCOc1cc(-c2cc(-c3cccs3)c(C#N)c(-n3c(=O)c4cc5c(=O)n(-c6nc(-c7cc(Cl)nc(OCC)c7)cc(-c7cccs7)c6C#N)c(=O)c5cc4c3=O)n2)cc(Cl)n1. The molecule has 0 bridgehead atoms. The van der Waals surface area contributed by atoms with Gasteiger partial charge in [-0.15, -0.1) is 22.7 Å². The van der Waals surface area contributed by atoms with E-state index in [2.05, 4.69) is 32.1 Å². The molecule has 8 aromatic heterocycles. The fourth-order valence-corrected chi connectivity index (χ4v) is 9.10. The number of benzene rings is 1. The summed E-state index contributed by atoms with van der Waals surface area (Å²) < 4.78 is 12.7. The van der Waals surface area contributed by atoms with Gasteiger partial charge in [-0.1, -0.05) is 35.3 Å². The third-order valence-corrected chi connectivity index (χ3v) is 12.0. The van der Waals surface area contributed by atoms with Gasteiger partial charge in [0.25, 0.3) is 22.2 Å². The lowest BCUT2D eigenvalue weighted by Crippen LogP contribution is -2.26. The van der Waals surface area contributed by atoms with Gasteiger partial charge in [0.1, 0.15) is 33.6 Å². The molecule has 0 aliphatic carbocycles. The van der Waals surface area contributed by atoms with E-state index in [0.29, 0.717) is 45.2 Å². The van der Waals surface area contributed by atoms with Crippen LogP contribution in [0.25, 0.3) is 76.6 Å². The smallest absolute Gasteiger partial charge is 0.267 e. The first-order chi connectivity index (χ1) is 30.0. The highest BCUT2D eigenvalue weighted by molar-refractivity contribution is 7.13. The summed E-state index contributed by atoms with van der Waals surface area (Å²) >= 11 is 15.4. The van der Waals surface area contributed by atoms with Crippen molar-refractivity contribution in [2.24, 2.45) is 0 Å². The van der Waals surface area contributed by atoms with E-state index in [4.69, 9.17) is 32.7 Å². The molecule has 0 atom stereocenters. The van der Waals surface area contributed by atoms with Gasteiger partial charge in [0.2, 0.25) is 11.8 Å². The molecule has 0 saturated heterocycles. The largest absolute Gasteiger partial charge is 0.478 e. The summed E-state index contributed by atoms with van der Waals surface area (Å²) in [5.41, 5.74) is -1.52. The molecule has 0 unspecified atom stereocenters. The second-order valence-corrected chi connectivity index (χ2v) is 16.1. The number of halogens is 2. The maximum atomic E-state index is 14.5. The van der Waals surface area contributed by atoms with E-state index in [1.165, 1.54) is 46.9 Å². The van der Waals surface area contributed by atoms with Gasteiger partial charge in [-0.3, -0.25) is 19.2 Å². The van der Waals surface area contributed by atoms with E-state index in [1.54, 1.807) is 62.4 Å². The van der Waals surface area contributed by atoms with E-state index in [-0.39, 0.29) is 77.8 Å². The van der Waals surface area contributed by atoms with Gasteiger partial charge in [-0.25, -0.2) is 29.1 Å². The van der Waals surface area contributed by atoms with Crippen molar-refractivity contribution in [2.45, 2.75) is 13.8 Å². The van der Waals surface area contributed by atoms with Crippen LogP contribution >= 0.6 is 45.9 Å². The number of hydrogen-bond donors (Lipinski definition) is 0. The van der Waals surface area contributed by atoms with Gasteiger partial charge in [0, 0.05) is 44.1 Å². The minimum Gasteiger partial charge on any atom is -0.478 e. The molecule has 0 radical (unpaired) electrons. The molecule has 0 saturated carbocycles. The molecule has 0 amide bonds. The van der Waals surface area contributed by atoms with Crippen molar-refractivity contribution >= 4 is 67.4 Å². The Balaban J connectivity index is 1.28. The van der Waals surface area contributed by atoms with Crippen molar-refractivity contribution in [1.29, 1.82) is 10.5 Å². The number of thiophene rings is 2. The van der Waals surface area contributed by atoms with Crippen LogP contribution in [-0.2, 0) is 0 Å². The molecule has 9 aromatic rings. The molecule has 62 heavy (non-hydrogen) atoms. The van der Waals surface area contributed by atoms with Crippen LogP contribution in [0.4, 0.5) is 0 Å². The summed E-state index contributed by atoms with van der Waals surface area (Å²) in [5.74, 6) is -0.116. The van der Waals surface area contributed by atoms with Crippen molar-refractivity contribution < 1.29 is 9.47 Å². The second-order valence-electron chi connectivity index (χ2n) is 13.4. The number of rotatable bonds is 10. The standard InChI is InChI=1S/C44H24Cl2N8O6S2/c1-3-59-37-13-21(11-35(45)51-37)31-17-23(33-7-5-9-61-33)29(19-47)39(49-31)53-41(55)25-15-27-28(16-26(25)42(53)56)44(58)54(43(27)57)40-30(20-48)24(34-8-6-10-62-34)18-32(50-40)22-12-36(46)52-38(14-22)60-4-2/h5-18H,3-4H2,1-2H3. The summed E-state index contributed by atoms with van der Waals surface area (Å²) in [7, 11) is 0. The highest BCUT2D eigenvalue weighted by Gasteiger charge is 2.28. The van der Waals surface area contributed by atoms with E-state index in [9.17, 15) is 29.7 Å². The summed E-state index contributed by atoms with van der Waals surface area (Å²) in [4.78, 5) is 76.8. The van der Waals surface area contributed by atoms with Crippen LogP contribution in [0, 0.1) is 22.7 Å². The van der Waals surface area contributed by atoms with Crippen LogP contribution in [0.1, 0.15) is 25.0 Å². The molecule has 302 valence electrons. The highest BCUT2D eigenvalue weighted by Crippen LogP contribution is 2.37. The average Bonchev–Trinajstić information content (AvgIpc) is 4.08. The third kappa shape index (κ3) is 6.72. The van der Waals surface area contributed by atoms with Crippen LogP contribution in [-0.4, -0.2) is 42.3 Å². The summed E-state index contributed by atoms with van der Waals surface area (Å²) in [5, 5.41) is 24.1. The van der Waals surface area contributed by atoms with Crippen LogP contribution in [0.15, 0.2) is 103 Å². The monoisotopic (exact) mass is 894 g/mol. The Morgan fingerprint density at radius 3 is 1.29 bits per heavy atom. The van der Waals surface area contributed by atoms with Crippen LogP contribution in [0.5, 0.6) is 11.8 Å². The quantitative estimate of drug-likeness (QED) is 0.120. The zero-order valence-corrected chi connectivity index (χ0v) is 35.2. The minimum atomic E-state index is -0.884. The third-order valence-electron chi connectivity index (χ3n) is 9.83. The zero-order chi connectivity index (χ0) is 43.4. The lowest BCUT2D eigenvalue weighted by Gasteiger charge is -2.12. The summed E-state index contributed by atoms with van der Waals surface area (Å²) in [6, 6.07) is 23.3. The molecule has 0 aliphatic rings. The molecule has 14 nitrogen and oxygen atoms in total. The zero-order valence-electron chi connectivity index (χ0n) is 32.1. The van der Waals surface area contributed by atoms with Crippen LogP contribution in [0.2, 0.25) is 10.3 Å². The van der Waals surface area contributed by atoms with Gasteiger partial charge in [0.15, 0.2) is 11.6 Å². The van der Waals surface area contributed by atoms with E-state index in [0.717, 1.165) is 9.13 Å². The Labute approximate surface area is 367 Å². The molecule has 1 aromatic carbocycles. The predicted molar refractivity (Wildman–Crippen MR) is 238 cm³/mol. The van der Waals surface area contributed by atoms with Crippen molar-refractivity contribution in [1.82, 2.24) is 29.1 Å². The van der Waals surface area contributed by atoms with Crippen molar-refractivity contribution in [3.63, 3.8) is 0 Å². The van der Waals surface area contributed by atoms with Gasteiger partial charge < -0.3 is 9.47 Å². The van der Waals surface area contributed by atoms with Crippen molar-refractivity contribution in [3.05, 3.63) is 146 Å². The fraction of sp³-hybridized carbons (Fsp3) is 0.0909. The molecule has 0 N–H and O–H groups in total. The molecule has 0 aliphatic heterocycles. The number of aromatic nitrogens is 6. The Bertz CT molecular complexity index is 3290. The van der Waals surface area contributed by atoms with Crippen LogP contribution < -0.4 is 31.7 Å². The molecule has 0 fully saturated rings. The molecule has 0 spiro atoms. The number of fused-ring (bicyclic) bond motifs is 2.